The number of pyridine rings is 1. The van der Waals surface area contributed by atoms with Crippen LogP contribution in [0.4, 0.5) is 0 Å². The summed E-state index contributed by atoms with van der Waals surface area (Å²) in [5.74, 6) is -0.362. The van der Waals surface area contributed by atoms with E-state index in [2.05, 4.69) is 10.2 Å². The molecule has 0 spiro atoms. The van der Waals surface area contributed by atoms with Gasteiger partial charge in [-0.05, 0) is 18.6 Å². The predicted octanol–water partition coefficient (Wildman–Crippen LogP) is 0.352. The minimum atomic E-state index is -1.02. The number of fused-ring (bicyclic) bond motifs is 1. The maximum atomic E-state index is 10.9. The molecule has 84 valence electrons. The second kappa shape index (κ2) is 4.28. The zero-order valence-electron chi connectivity index (χ0n) is 8.50. The van der Waals surface area contributed by atoms with Crippen molar-refractivity contribution >= 4 is 11.6 Å². The molecule has 6 heteroatoms. The second-order valence-corrected chi connectivity index (χ2v) is 3.36. The molecule has 2 rings (SSSR count). The largest absolute Gasteiger partial charge is 0.478 e. The van der Waals surface area contributed by atoms with Gasteiger partial charge < -0.3 is 10.2 Å². The number of carboxylic acids is 1. The number of aliphatic hydroxyl groups excluding tert-OH is 1. The Morgan fingerprint density at radius 3 is 2.94 bits per heavy atom. The smallest absolute Gasteiger partial charge is 0.339 e. The average molecular weight is 221 g/mol. The molecule has 0 aliphatic heterocycles. The lowest BCUT2D eigenvalue weighted by Crippen LogP contribution is -2.02. The molecule has 0 aliphatic carbocycles. The van der Waals surface area contributed by atoms with Crippen molar-refractivity contribution in [3.63, 3.8) is 0 Å². The van der Waals surface area contributed by atoms with Crippen LogP contribution in [0.5, 0.6) is 0 Å². The number of aliphatic hydroxyl groups is 1. The molecule has 0 bridgehead atoms. The Kier molecular flexibility index (Phi) is 2.82. The van der Waals surface area contributed by atoms with E-state index in [0.29, 0.717) is 24.3 Å². The summed E-state index contributed by atoms with van der Waals surface area (Å²) in [6, 6.07) is 3.13. The zero-order valence-corrected chi connectivity index (χ0v) is 8.50. The Hall–Kier alpha value is -1.95. The molecular weight excluding hydrogens is 210 g/mol. The SMILES string of the molecule is O=C(O)c1cccn2c(CCCO)nnc12. The molecule has 16 heavy (non-hydrogen) atoms. The first-order chi connectivity index (χ1) is 7.74. The third kappa shape index (κ3) is 1.74. The number of hydrogen-bond donors (Lipinski definition) is 2. The van der Waals surface area contributed by atoms with Gasteiger partial charge in [-0.15, -0.1) is 10.2 Å². The van der Waals surface area contributed by atoms with Crippen molar-refractivity contribution in [2.75, 3.05) is 6.61 Å². The van der Waals surface area contributed by atoms with E-state index < -0.39 is 5.97 Å². The first-order valence-corrected chi connectivity index (χ1v) is 4.91. The van der Waals surface area contributed by atoms with Crippen LogP contribution in [0.2, 0.25) is 0 Å². The molecule has 0 atom stereocenters. The molecule has 2 N–H and O–H groups in total. The average Bonchev–Trinajstić information content (AvgIpc) is 2.69. The van der Waals surface area contributed by atoms with Gasteiger partial charge in [0.2, 0.25) is 0 Å². The first-order valence-electron chi connectivity index (χ1n) is 4.91. The number of nitrogens with zero attached hydrogens (tertiary/aromatic N) is 3. The van der Waals surface area contributed by atoms with Gasteiger partial charge in [-0.2, -0.15) is 0 Å². The molecular formula is C10H11N3O3. The third-order valence-corrected chi connectivity index (χ3v) is 2.29. The summed E-state index contributed by atoms with van der Waals surface area (Å²) in [7, 11) is 0. The lowest BCUT2D eigenvalue weighted by atomic mass is 10.2. The second-order valence-electron chi connectivity index (χ2n) is 3.36. The summed E-state index contributed by atoms with van der Waals surface area (Å²) < 4.78 is 1.64. The summed E-state index contributed by atoms with van der Waals surface area (Å²) in [6.07, 6.45) is 2.87. The van der Waals surface area contributed by atoms with Gasteiger partial charge in [-0.25, -0.2) is 4.79 Å². The summed E-state index contributed by atoms with van der Waals surface area (Å²) in [5.41, 5.74) is 0.466. The minimum absolute atomic E-state index is 0.0769. The Bertz CT molecular complexity index is 521. The Morgan fingerprint density at radius 2 is 2.25 bits per heavy atom. The van der Waals surface area contributed by atoms with Crippen LogP contribution in [-0.4, -0.2) is 37.4 Å². The van der Waals surface area contributed by atoms with E-state index in [0.717, 1.165) is 0 Å². The van der Waals surface area contributed by atoms with Gasteiger partial charge >= 0.3 is 5.97 Å². The third-order valence-electron chi connectivity index (χ3n) is 2.29. The van der Waals surface area contributed by atoms with Gasteiger partial charge in [0.15, 0.2) is 5.65 Å². The number of hydrogen-bond acceptors (Lipinski definition) is 4. The Morgan fingerprint density at radius 1 is 1.44 bits per heavy atom. The molecule has 0 aromatic carbocycles. The predicted molar refractivity (Wildman–Crippen MR) is 55.4 cm³/mol. The van der Waals surface area contributed by atoms with Crippen molar-refractivity contribution < 1.29 is 15.0 Å². The van der Waals surface area contributed by atoms with E-state index in [-0.39, 0.29) is 12.2 Å². The number of aryl methyl sites for hydroxylation is 1. The van der Waals surface area contributed by atoms with Gasteiger partial charge in [0.1, 0.15) is 11.4 Å². The van der Waals surface area contributed by atoms with Crippen LogP contribution >= 0.6 is 0 Å². The number of carbonyl (C=O) groups is 1. The van der Waals surface area contributed by atoms with Crippen molar-refractivity contribution in [1.29, 1.82) is 0 Å². The van der Waals surface area contributed by atoms with Crippen LogP contribution < -0.4 is 0 Å². The highest BCUT2D eigenvalue weighted by Gasteiger charge is 2.13. The van der Waals surface area contributed by atoms with Crippen LogP contribution in [0, 0.1) is 0 Å². The maximum Gasteiger partial charge on any atom is 0.339 e. The van der Waals surface area contributed by atoms with E-state index in [9.17, 15) is 4.79 Å². The monoisotopic (exact) mass is 221 g/mol. The quantitative estimate of drug-likeness (QED) is 0.777. The zero-order chi connectivity index (χ0) is 11.5. The van der Waals surface area contributed by atoms with Crippen molar-refractivity contribution in [2.24, 2.45) is 0 Å². The molecule has 0 amide bonds. The van der Waals surface area contributed by atoms with Gasteiger partial charge in [-0.3, -0.25) is 4.40 Å². The maximum absolute atomic E-state index is 10.9. The van der Waals surface area contributed by atoms with Crippen LogP contribution in [-0.2, 0) is 6.42 Å². The molecule has 2 aromatic heterocycles. The highest BCUT2D eigenvalue weighted by atomic mass is 16.4. The van der Waals surface area contributed by atoms with Crippen LogP contribution in [0.15, 0.2) is 18.3 Å². The first kappa shape index (κ1) is 10.6. The Balaban J connectivity index is 2.48. The molecule has 0 fully saturated rings. The fraction of sp³-hybridized carbons (Fsp3) is 0.300. The summed E-state index contributed by atoms with van der Waals surface area (Å²) in [5, 5.41) is 25.4. The summed E-state index contributed by atoms with van der Waals surface area (Å²) in [6.45, 7) is 0.0769. The number of carboxylic acid groups (broad SMARTS) is 1. The van der Waals surface area contributed by atoms with Crippen molar-refractivity contribution in [2.45, 2.75) is 12.8 Å². The van der Waals surface area contributed by atoms with E-state index >= 15 is 0 Å². The van der Waals surface area contributed by atoms with Crippen molar-refractivity contribution in [1.82, 2.24) is 14.6 Å². The molecule has 2 aromatic rings. The van der Waals surface area contributed by atoms with E-state index in [1.165, 1.54) is 6.07 Å². The molecule has 6 nitrogen and oxygen atoms in total. The van der Waals surface area contributed by atoms with Gasteiger partial charge in [0, 0.05) is 19.2 Å². The van der Waals surface area contributed by atoms with Crippen LogP contribution in [0.1, 0.15) is 22.6 Å². The highest BCUT2D eigenvalue weighted by Crippen LogP contribution is 2.11. The lowest BCUT2D eigenvalue weighted by Gasteiger charge is -1.99. The fourth-order valence-corrected chi connectivity index (χ4v) is 1.54. The molecule has 0 radical (unpaired) electrons. The van der Waals surface area contributed by atoms with Gasteiger partial charge in [0.25, 0.3) is 0 Å². The van der Waals surface area contributed by atoms with E-state index in [4.69, 9.17) is 10.2 Å². The fourth-order valence-electron chi connectivity index (χ4n) is 1.54. The molecule has 0 aliphatic rings. The summed E-state index contributed by atoms with van der Waals surface area (Å²) >= 11 is 0. The molecule has 0 saturated carbocycles. The van der Waals surface area contributed by atoms with E-state index in [1.54, 1.807) is 16.7 Å². The van der Waals surface area contributed by atoms with E-state index in [1.807, 2.05) is 0 Å². The molecule has 0 unspecified atom stereocenters. The standard InChI is InChI=1S/C10H11N3O3/c14-6-2-4-8-11-12-9-7(10(15)16)3-1-5-13(8)9/h1,3,5,14H,2,4,6H2,(H,15,16). The number of rotatable bonds is 4. The number of aromatic carboxylic acids is 1. The molecule has 2 heterocycles. The highest BCUT2D eigenvalue weighted by molar-refractivity contribution is 5.94. The van der Waals surface area contributed by atoms with Crippen molar-refractivity contribution in [3.05, 3.63) is 29.7 Å². The van der Waals surface area contributed by atoms with Crippen LogP contribution in [0.3, 0.4) is 0 Å². The molecule has 0 saturated heterocycles. The lowest BCUT2D eigenvalue weighted by molar-refractivity contribution is 0.0698. The normalized spacial score (nSPS) is 10.8. The number of aromatic nitrogens is 3. The van der Waals surface area contributed by atoms with Crippen LogP contribution in [0.25, 0.3) is 5.65 Å². The topological polar surface area (TPSA) is 87.7 Å². The van der Waals surface area contributed by atoms with Gasteiger partial charge in [0.05, 0.1) is 0 Å². The Labute approximate surface area is 91.2 Å². The van der Waals surface area contributed by atoms with Crippen molar-refractivity contribution in [3.8, 4) is 0 Å². The minimum Gasteiger partial charge on any atom is -0.478 e. The summed E-state index contributed by atoms with van der Waals surface area (Å²) in [4.78, 5) is 10.9. The van der Waals surface area contributed by atoms with Gasteiger partial charge in [-0.1, -0.05) is 0 Å².